The minimum absolute atomic E-state index is 0.0777. The number of halogens is 1. The first-order valence-corrected chi connectivity index (χ1v) is 11.2. The van der Waals surface area contributed by atoms with E-state index < -0.39 is 5.82 Å². The first kappa shape index (κ1) is 20.7. The lowest BCUT2D eigenvalue weighted by atomic mass is 9.80. The van der Waals surface area contributed by atoms with Crippen LogP contribution in [0.25, 0.3) is 0 Å². The van der Waals surface area contributed by atoms with Gasteiger partial charge in [-0.05, 0) is 30.5 Å². The molecular weight excluding hydrogens is 407 g/mol. The van der Waals surface area contributed by atoms with Crippen LogP contribution in [0.2, 0.25) is 0 Å². The van der Waals surface area contributed by atoms with Crippen LogP contribution < -0.4 is 5.43 Å². The van der Waals surface area contributed by atoms with Crippen LogP contribution in [0, 0.1) is 23.6 Å². The molecule has 1 saturated heterocycles. The predicted octanol–water partition coefficient (Wildman–Crippen LogP) is 2.89. The number of carbonyl (C=O) groups is 2. The Morgan fingerprint density at radius 1 is 1.06 bits per heavy atom. The highest BCUT2D eigenvalue weighted by Crippen LogP contribution is 2.32. The van der Waals surface area contributed by atoms with Gasteiger partial charge >= 0.3 is 0 Å². The molecule has 7 heteroatoms. The van der Waals surface area contributed by atoms with E-state index in [1.54, 1.807) is 17.0 Å². The molecule has 4 aliphatic rings. The summed E-state index contributed by atoms with van der Waals surface area (Å²) in [6.07, 6.45) is 10.7. The summed E-state index contributed by atoms with van der Waals surface area (Å²) >= 11 is 0. The maximum absolute atomic E-state index is 14.6. The molecule has 2 fully saturated rings. The lowest BCUT2D eigenvalue weighted by molar-refractivity contribution is -0.134. The molecule has 2 aliphatic carbocycles. The van der Waals surface area contributed by atoms with Crippen molar-refractivity contribution in [2.75, 3.05) is 26.2 Å². The van der Waals surface area contributed by atoms with Gasteiger partial charge in [-0.1, -0.05) is 36.9 Å². The van der Waals surface area contributed by atoms with Gasteiger partial charge in [-0.15, -0.1) is 0 Å². The van der Waals surface area contributed by atoms with Crippen LogP contribution in [-0.2, 0) is 11.2 Å². The fraction of sp³-hybridized carbons (Fsp3) is 0.400. The molecule has 6 nitrogen and oxygen atoms in total. The van der Waals surface area contributed by atoms with Crippen LogP contribution in [-0.4, -0.2) is 53.5 Å². The van der Waals surface area contributed by atoms with Crippen molar-refractivity contribution in [2.45, 2.75) is 19.3 Å². The van der Waals surface area contributed by atoms with Crippen molar-refractivity contribution in [2.24, 2.45) is 22.9 Å². The van der Waals surface area contributed by atoms with Crippen LogP contribution >= 0.6 is 0 Å². The van der Waals surface area contributed by atoms with Crippen molar-refractivity contribution in [1.29, 1.82) is 0 Å². The summed E-state index contributed by atoms with van der Waals surface area (Å²) in [5.41, 5.74) is 5.71. The van der Waals surface area contributed by atoms with Gasteiger partial charge in [-0.3, -0.25) is 15.0 Å². The van der Waals surface area contributed by atoms with Crippen molar-refractivity contribution < 1.29 is 14.0 Å². The van der Waals surface area contributed by atoms with Gasteiger partial charge in [-0.2, -0.15) is 5.10 Å². The molecule has 1 aromatic carbocycles. The first-order valence-electron chi connectivity index (χ1n) is 11.2. The molecule has 32 heavy (non-hydrogen) atoms. The molecule has 2 atom stereocenters. The summed E-state index contributed by atoms with van der Waals surface area (Å²) < 4.78 is 14.6. The second-order valence-corrected chi connectivity index (χ2v) is 8.94. The molecule has 1 saturated carbocycles. The van der Waals surface area contributed by atoms with Crippen LogP contribution in [0.5, 0.6) is 0 Å². The molecule has 0 radical (unpaired) electrons. The number of nitrogens with zero attached hydrogens (tertiary/aromatic N) is 3. The van der Waals surface area contributed by atoms with Crippen molar-refractivity contribution in [3.63, 3.8) is 0 Å². The van der Waals surface area contributed by atoms with E-state index >= 15 is 0 Å². The second-order valence-electron chi connectivity index (χ2n) is 8.94. The molecule has 0 aromatic heterocycles. The van der Waals surface area contributed by atoms with Gasteiger partial charge in [0.05, 0.1) is 11.3 Å². The Morgan fingerprint density at radius 2 is 1.75 bits per heavy atom. The van der Waals surface area contributed by atoms with Crippen LogP contribution in [0.3, 0.4) is 0 Å². The maximum Gasteiger partial charge on any atom is 0.256 e. The molecule has 2 aliphatic heterocycles. The van der Waals surface area contributed by atoms with Crippen molar-refractivity contribution in [3.05, 3.63) is 71.7 Å². The SMILES string of the molecule is C=C1NN=C(Cc2ccc(F)c(C(=O)N3CCN(C(=O)C4CC4)CC3)c2)C2C=CC=CC12. The number of hydrogen-bond acceptors (Lipinski definition) is 4. The normalized spacial score (nSPS) is 24.7. The number of hydrazone groups is 1. The van der Waals surface area contributed by atoms with Crippen molar-refractivity contribution >= 4 is 17.5 Å². The summed E-state index contributed by atoms with van der Waals surface area (Å²) in [7, 11) is 0. The summed E-state index contributed by atoms with van der Waals surface area (Å²) in [5.74, 6) is -0.225. The lowest BCUT2D eigenvalue weighted by Crippen LogP contribution is -2.51. The number of benzene rings is 1. The first-order chi connectivity index (χ1) is 15.5. The predicted molar refractivity (Wildman–Crippen MR) is 120 cm³/mol. The molecule has 0 bridgehead atoms. The molecule has 1 aromatic rings. The number of nitrogens with one attached hydrogen (secondary N) is 1. The van der Waals surface area contributed by atoms with Crippen LogP contribution in [0.1, 0.15) is 28.8 Å². The van der Waals surface area contributed by atoms with Gasteiger partial charge in [0.2, 0.25) is 5.91 Å². The van der Waals surface area contributed by atoms with Crippen molar-refractivity contribution in [3.8, 4) is 0 Å². The average molecular weight is 435 g/mol. The maximum atomic E-state index is 14.6. The van der Waals surface area contributed by atoms with Crippen LogP contribution in [0.15, 0.2) is 59.9 Å². The fourth-order valence-electron chi connectivity index (χ4n) is 4.65. The number of allylic oxidation sites excluding steroid dienone is 4. The van der Waals surface area contributed by atoms with Gasteiger partial charge in [0.15, 0.2) is 0 Å². The zero-order valence-electron chi connectivity index (χ0n) is 18.0. The molecule has 2 unspecified atom stereocenters. The number of rotatable bonds is 4. The number of fused-ring (bicyclic) bond motifs is 1. The summed E-state index contributed by atoms with van der Waals surface area (Å²) in [6.45, 7) is 5.93. The summed E-state index contributed by atoms with van der Waals surface area (Å²) in [5, 5.41) is 4.48. The highest BCUT2D eigenvalue weighted by molar-refractivity contribution is 5.96. The Labute approximate surface area is 187 Å². The highest BCUT2D eigenvalue weighted by Gasteiger charge is 2.35. The van der Waals surface area contributed by atoms with E-state index in [9.17, 15) is 14.0 Å². The smallest absolute Gasteiger partial charge is 0.256 e. The Morgan fingerprint density at radius 3 is 2.47 bits per heavy atom. The third kappa shape index (κ3) is 3.99. The Hall–Kier alpha value is -3.22. The van der Waals surface area contributed by atoms with Gasteiger partial charge in [0, 0.05) is 56.1 Å². The highest BCUT2D eigenvalue weighted by atomic mass is 19.1. The Kier molecular flexibility index (Phi) is 5.41. The lowest BCUT2D eigenvalue weighted by Gasteiger charge is -2.35. The monoisotopic (exact) mass is 434 g/mol. The standard InChI is InChI=1S/C25H27FN4O2/c1-16-19-4-2-3-5-20(19)23(28-27-16)15-17-6-9-22(26)21(14-17)25(32)30-12-10-29(11-13-30)24(31)18-7-8-18/h2-6,9,14,18-20,27H,1,7-8,10-13,15H2. The quantitative estimate of drug-likeness (QED) is 0.793. The van der Waals surface area contributed by atoms with Crippen molar-refractivity contribution in [1.82, 2.24) is 15.2 Å². The fourth-order valence-corrected chi connectivity index (χ4v) is 4.65. The number of hydrogen-bond donors (Lipinski definition) is 1. The molecule has 1 N–H and O–H groups in total. The zero-order valence-corrected chi connectivity index (χ0v) is 18.0. The molecule has 5 rings (SSSR count). The third-order valence-corrected chi connectivity index (χ3v) is 6.72. The summed E-state index contributed by atoms with van der Waals surface area (Å²) in [4.78, 5) is 28.8. The summed E-state index contributed by atoms with van der Waals surface area (Å²) in [6, 6.07) is 4.71. The molecule has 2 amide bonds. The van der Waals surface area contributed by atoms with E-state index in [1.165, 1.54) is 6.07 Å². The van der Waals surface area contributed by atoms with E-state index in [0.717, 1.165) is 29.8 Å². The Bertz CT molecular complexity index is 1050. The van der Waals surface area contributed by atoms with E-state index in [4.69, 9.17) is 0 Å². The zero-order chi connectivity index (χ0) is 22.2. The molecule has 2 heterocycles. The number of piperazine rings is 1. The minimum Gasteiger partial charge on any atom is -0.339 e. The Balaban J connectivity index is 1.28. The average Bonchev–Trinajstić information content (AvgIpc) is 3.67. The minimum atomic E-state index is -0.523. The molecule has 0 spiro atoms. The topological polar surface area (TPSA) is 65.0 Å². The van der Waals surface area contributed by atoms with E-state index in [2.05, 4.69) is 29.3 Å². The van der Waals surface area contributed by atoms with E-state index in [-0.39, 0.29) is 35.1 Å². The van der Waals surface area contributed by atoms with E-state index in [0.29, 0.717) is 32.6 Å². The largest absolute Gasteiger partial charge is 0.339 e. The second kappa shape index (κ2) is 8.37. The third-order valence-electron chi connectivity index (χ3n) is 6.72. The number of carbonyl (C=O) groups excluding carboxylic acids is 2. The molecule has 166 valence electrons. The van der Waals surface area contributed by atoms with Crippen LogP contribution in [0.4, 0.5) is 4.39 Å². The van der Waals surface area contributed by atoms with Gasteiger partial charge < -0.3 is 9.80 Å². The van der Waals surface area contributed by atoms with Gasteiger partial charge in [0.25, 0.3) is 5.91 Å². The molecular formula is C25H27FN4O2. The number of amides is 2. The van der Waals surface area contributed by atoms with Gasteiger partial charge in [-0.25, -0.2) is 4.39 Å². The van der Waals surface area contributed by atoms with Gasteiger partial charge in [0.1, 0.15) is 5.82 Å². The van der Waals surface area contributed by atoms with E-state index in [1.807, 2.05) is 17.1 Å².